The fourth-order valence-electron chi connectivity index (χ4n) is 3.86. The summed E-state index contributed by atoms with van der Waals surface area (Å²) in [5, 5.41) is 12.2. The van der Waals surface area contributed by atoms with Gasteiger partial charge in [0.25, 0.3) is 5.91 Å². The van der Waals surface area contributed by atoms with Gasteiger partial charge in [-0.2, -0.15) is 0 Å². The van der Waals surface area contributed by atoms with Gasteiger partial charge in [0, 0.05) is 38.4 Å². The molecule has 6 nitrogen and oxygen atoms in total. The molecule has 24 heavy (non-hydrogen) atoms. The molecule has 1 aromatic heterocycles. The van der Waals surface area contributed by atoms with E-state index in [-0.39, 0.29) is 24.3 Å². The van der Waals surface area contributed by atoms with E-state index in [1.54, 1.807) is 12.1 Å². The topological polar surface area (TPSA) is 74.9 Å². The minimum absolute atomic E-state index is 0.128. The summed E-state index contributed by atoms with van der Waals surface area (Å²) in [6.07, 6.45) is 2.15. The monoisotopic (exact) mass is 336 g/mol. The Bertz CT molecular complexity index is 551. The maximum atomic E-state index is 12.5. The van der Waals surface area contributed by atoms with E-state index in [0.717, 1.165) is 39.1 Å². The van der Waals surface area contributed by atoms with Gasteiger partial charge in [0.15, 0.2) is 5.76 Å². The van der Waals surface area contributed by atoms with E-state index in [2.05, 4.69) is 24.1 Å². The van der Waals surface area contributed by atoms with E-state index in [9.17, 15) is 4.79 Å². The van der Waals surface area contributed by atoms with Crippen LogP contribution in [0, 0.1) is 11.8 Å². The zero-order chi connectivity index (χ0) is 17.1. The smallest absolute Gasteiger partial charge is 0.287 e. The number of carbonyl (C=O) groups is 1. The van der Waals surface area contributed by atoms with Gasteiger partial charge < -0.3 is 19.6 Å². The molecular formula is C18H28N2O4. The third-order valence-electron chi connectivity index (χ3n) is 5.31. The van der Waals surface area contributed by atoms with Crippen LogP contribution in [0.1, 0.15) is 43.0 Å². The molecule has 3 heterocycles. The van der Waals surface area contributed by atoms with Crippen LogP contribution in [0.25, 0.3) is 0 Å². The Morgan fingerprint density at radius 2 is 2.08 bits per heavy atom. The van der Waals surface area contributed by atoms with Crippen molar-refractivity contribution in [3.63, 3.8) is 0 Å². The molecule has 6 heteroatoms. The second-order valence-electron chi connectivity index (χ2n) is 7.21. The van der Waals surface area contributed by atoms with Gasteiger partial charge >= 0.3 is 0 Å². The average Bonchev–Trinajstić information content (AvgIpc) is 3.22. The molecule has 0 aromatic carbocycles. The van der Waals surface area contributed by atoms with Crippen LogP contribution < -0.4 is 5.32 Å². The van der Waals surface area contributed by atoms with Gasteiger partial charge in [-0.1, -0.05) is 13.8 Å². The highest BCUT2D eigenvalue weighted by molar-refractivity contribution is 5.91. The van der Waals surface area contributed by atoms with Crippen molar-refractivity contribution in [1.29, 1.82) is 0 Å². The van der Waals surface area contributed by atoms with Crippen LogP contribution in [0.15, 0.2) is 16.5 Å². The molecule has 0 aliphatic carbocycles. The molecule has 2 aliphatic rings. The molecule has 2 saturated heterocycles. The Morgan fingerprint density at radius 3 is 2.71 bits per heavy atom. The normalized spacial score (nSPS) is 26.2. The second kappa shape index (κ2) is 7.68. The molecule has 2 fully saturated rings. The lowest BCUT2D eigenvalue weighted by Crippen LogP contribution is -2.43. The molecule has 2 aliphatic heterocycles. The van der Waals surface area contributed by atoms with Crippen molar-refractivity contribution in [2.75, 3.05) is 26.3 Å². The number of nitrogens with zero attached hydrogens (tertiary/aromatic N) is 1. The van der Waals surface area contributed by atoms with Gasteiger partial charge in [-0.3, -0.25) is 9.69 Å². The summed E-state index contributed by atoms with van der Waals surface area (Å²) in [4.78, 5) is 15.0. The van der Waals surface area contributed by atoms with Crippen LogP contribution in [-0.4, -0.2) is 54.3 Å². The highest BCUT2D eigenvalue weighted by Crippen LogP contribution is 2.29. The molecule has 0 bridgehead atoms. The molecule has 3 rings (SSSR count). The summed E-state index contributed by atoms with van der Waals surface area (Å²) in [6, 6.07) is 3.95. The fourth-order valence-corrected chi connectivity index (χ4v) is 3.86. The van der Waals surface area contributed by atoms with Crippen LogP contribution in [0.4, 0.5) is 0 Å². The lowest BCUT2D eigenvalue weighted by atomic mass is 9.91. The molecule has 134 valence electrons. The van der Waals surface area contributed by atoms with Crippen LogP contribution in [0.2, 0.25) is 0 Å². The molecule has 0 radical (unpaired) electrons. The van der Waals surface area contributed by atoms with Crippen molar-refractivity contribution >= 4 is 5.91 Å². The highest BCUT2D eigenvalue weighted by atomic mass is 16.5. The summed E-state index contributed by atoms with van der Waals surface area (Å²) in [6.45, 7) is 7.81. The number of nitrogens with one attached hydrogen (secondary N) is 1. The average molecular weight is 336 g/mol. The second-order valence-corrected chi connectivity index (χ2v) is 7.21. The van der Waals surface area contributed by atoms with Crippen molar-refractivity contribution in [2.45, 2.75) is 45.4 Å². The standard InChI is InChI=1S/C18H28N2O4/c1-12(2)15-9-20(13-5-7-23-8-6-13)10-16(15)19-18(22)17-4-3-14(11-21)24-17/h3-4,12-13,15-16,21H,5-11H2,1-2H3,(H,19,22)/t15-,16+/m0/s1. The molecule has 0 unspecified atom stereocenters. The first-order valence-electron chi connectivity index (χ1n) is 8.90. The zero-order valence-corrected chi connectivity index (χ0v) is 14.5. The van der Waals surface area contributed by atoms with Crippen molar-refractivity contribution < 1.29 is 19.1 Å². The summed E-state index contributed by atoms with van der Waals surface area (Å²) in [7, 11) is 0. The lowest BCUT2D eigenvalue weighted by molar-refractivity contribution is 0.0401. The minimum atomic E-state index is -0.195. The van der Waals surface area contributed by atoms with Crippen LogP contribution in [0.5, 0.6) is 0 Å². The van der Waals surface area contributed by atoms with E-state index in [0.29, 0.717) is 23.6 Å². The molecular weight excluding hydrogens is 308 g/mol. The van der Waals surface area contributed by atoms with Crippen LogP contribution in [-0.2, 0) is 11.3 Å². The minimum Gasteiger partial charge on any atom is -0.453 e. The molecule has 2 atom stereocenters. The molecule has 0 spiro atoms. The number of amides is 1. The summed E-state index contributed by atoms with van der Waals surface area (Å²) in [5.41, 5.74) is 0. The summed E-state index contributed by atoms with van der Waals surface area (Å²) in [5.74, 6) is 1.43. The van der Waals surface area contributed by atoms with E-state index >= 15 is 0 Å². The predicted molar refractivity (Wildman–Crippen MR) is 89.6 cm³/mol. The van der Waals surface area contributed by atoms with E-state index in [4.69, 9.17) is 14.3 Å². The Balaban J connectivity index is 1.64. The van der Waals surface area contributed by atoms with E-state index in [1.165, 1.54) is 0 Å². The maximum absolute atomic E-state index is 12.5. The molecule has 0 saturated carbocycles. The number of rotatable bonds is 5. The number of aliphatic hydroxyl groups is 1. The number of ether oxygens (including phenoxy) is 1. The third kappa shape index (κ3) is 3.82. The predicted octanol–water partition coefficient (Wildman–Crippen LogP) is 1.64. The Hall–Kier alpha value is -1.37. The van der Waals surface area contributed by atoms with Crippen molar-refractivity contribution in [2.24, 2.45) is 11.8 Å². The quantitative estimate of drug-likeness (QED) is 0.855. The Labute approximate surface area is 143 Å². The number of furan rings is 1. The number of likely N-dealkylation sites (tertiary alicyclic amines) is 1. The van der Waals surface area contributed by atoms with Gasteiger partial charge in [-0.25, -0.2) is 0 Å². The SMILES string of the molecule is CC(C)[C@@H]1CN(C2CCOCC2)C[C@H]1NC(=O)c1ccc(CO)o1. The van der Waals surface area contributed by atoms with Gasteiger partial charge in [-0.05, 0) is 36.8 Å². The Kier molecular flexibility index (Phi) is 5.58. The first-order chi connectivity index (χ1) is 11.6. The summed E-state index contributed by atoms with van der Waals surface area (Å²) >= 11 is 0. The van der Waals surface area contributed by atoms with Gasteiger partial charge in [0.2, 0.25) is 0 Å². The van der Waals surface area contributed by atoms with Gasteiger partial charge in [-0.15, -0.1) is 0 Å². The largest absolute Gasteiger partial charge is 0.453 e. The van der Waals surface area contributed by atoms with Crippen LogP contribution in [0.3, 0.4) is 0 Å². The number of carbonyl (C=O) groups excluding carboxylic acids is 1. The number of aliphatic hydroxyl groups excluding tert-OH is 1. The van der Waals surface area contributed by atoms with Crippen molar-refractivity contribution in [1.82, 2.24) is 10.2 Å². The van der Waals surface area contributed by atoms with E-state index < -0.39 is 0 Å². The highest BCUT2D eigenvalue weighted by Gasteiger charge is 2.39. The van der Waals surface area contributed by atoms with Crippen molar-refractivity contribution in [3.05, 3.63) is 23.7 Å². The number of hydrogen-bond donors (Lipinski definition) is 2. The van der Waals surface area contributed by atoms with Gasteiger partial charge in [0.05, 0.1) is 0 Å². The van der Waals surface area contributed by atoms with E-state index in [1.807, 2.05) is 0 Å². The summed E-state index contributed by atoms with van der Waals surface area (Å²) < 4.78 is 10.8. The molecule has 1 amide bonds. The van der Waals surface area contributed by atoms with Crippen LogP contribution >= 0.6 is 0 Å². The van der Waals surface area contributed by atoms with Crippen molar-refractivity contribution in [3.8, 4) is 0 Å². The zero-order valence-electron chi connectivity index (χ0n) is 14.5. The lowest BCUT2D eigenvalue weighted by Gasteiger charge is -2.31. The third-order valence-corrected chi connectivity index (χ3v) is 5.31. The Morgan fingerprint density at radius 1 is 1.33 bits per heavy atom. The number of hydrogen-bond acceptors (Lipinski definition) is 5. The fraction of sp³-hybridized carbons (Fsp3) is 0.722. The molecule has 2 N–H and O–H groups in total. The first-order valence-corrected chi connectivity index (χ1v) is 8.90. The first kappa shape index (κ1) is 17.5. The molecule has 1 aromatic rings. The van der Waals surface area contributed by atoms with Gasteiger partial charge in [0.1, 0.15) is 12.4 Å². The maximum Gasteiger partial charge on any atom is 0.287 e.